The van der Waals surface area contributed by atoms with Crippen LogP contribution in [0.25, 0.3) is 10.8 Å². The minimum atomic E-state index is -0.0158. The molecule has 2 aromatic rings. The van der Waals surface area contributed by atoms with Crippen LogP contribution in [-0.2, 0) is 0 Å². The van der Waals surface area contributed by atoms with E-state index in [2.05, 4.69) is 0 Å². The highest BCUT2D eigenvalue weighted by Gasteiger charge is 2.22. The van der Waals surface area contributed by atoms with E-state index in [1.165, 1.54) is 19.3 Å². The first-order valence-corrected chi connectivity index (χ1v) is 7.12. The monoisotopic (exact) mass is 269 g/mol. The van der Waals surface area contributed by atoms with Crippen molar-refractivity contribution < 1.29 is 9.90 Å². The number of fused-ring (bicyclic) bond motifs is 1. The molecule has 1 N–H and O–H groups in total. The van der Waals surface area contributed by atoms with Crippen LogP contribution in [0.15, 0.2) is 36.4 Å². The van der Waals surface area contributed by atoms with Crippen LogP contribution in [0.4, 0.5) is 0 Å². The number of benzene rings is 2. The van der Waals surface area contributed by atoms with Crippen LogP contribution in [-0.4, -0.2) is 29.5 Å². The fourth-order valence-corrected chi connectivity index (χ4v) is 2.78. The second-order valence-electron chi connectivity index (χ2n) is 5.70. The Hall–Kier alpha value is -2.03. The van der Waals surface area contributed by atoms with E-state index in [1.54, 1.807) is 11.0 Å². The van der Waals surface area contributed by atoms with Gasteiger partial charge in [-0.2, -0.15) is 0 Å². The Morgan fingerprint density at radius 2 is 2.05 bits per heavy atom. The van der Waals surface area contributed by atoms with E-state index in [-0.39, 0.29) is 11.7 Å². The molecule has 1 aliphatic carbocycles. The van der Waals surface area contributed by atoms with Gasteiger partial charge in [0, 0.05) is 24.5 Å². The van der Waals surface area contributed by atoms with E-state index in [0.717, 1.165) is 17.3 Å². The van der Waals surface area contributed by atoms with Crippen molar-refractivity contribution in [1.29, 1.82) is 0 Å². The quantitative estimate of drug-likeness (QED) is 0.927. The van der Waals surface area contributed by atoms with Crippen LogP contribution in [0.1, 0.15) is 29.6 Å². The van der Waals surface area contributed by atoms with Gasteiger partial charge >= 0.3 is 0 Å². The Kier molecular flexibility index (Phi) is 3.35. The summed E-state index contributed by atoms with van der Waals surface area (Å²) in [4.78, 5) is 14.2. The number of carbonyl (C=O) groups is 1. The Labute approximate surface area is 118 Å². The van der Waals surface area contributed by atoms with Gasteiger partial charge in [-0.1, -0.05) is 30.7 Å². The number of nitrogens with zero attached hydrogens (tertiary/aromatic N) is 1. The lowest BCUT2D eigenvalue weighted by molar-refractivity contribution is 0.0745. The Balaban J connectivity index is 1.87. The Bertz CT molecular complexity index is 646. The number of carbonyl (C=O) groups excluding carboxylic acids is 1. The first-order valence-electron chi connectivity index (χ1n) is 7.12. The van der Waals surface area contributed by atoms with E-state index in [4.69, 9.17) is 0 Å². The minimum Gasteiger partial charge on any atom is -0.507 e. The minimum absolute atomic E-state index is 0.0158. The molecule has 0 radical (unpaired) electrons. The number of hydrogen-bond donors (Lipinski definition) is 1. The maximum absolute atomic E-state index is 12.4. The van der Waals surface area contributed by atoms with Gasteiger partial charge in [-0.15, -0.1) is 0 Å². The smallest absolute Gasteiger partial charge is 0.253 e. The lowest BCUT2D eigenvalue weighted by Gasteiger charge is -2.30. The second kappa shape index (κ2) is 5.16. The summed E-state index contributed by atoms with van der Waals surface area (Å²) in [6.07, 6.45) is 3.73. The molecule has 2 aromatic carbocycles. The zero-order chi connectivity index (χ0) is 14.1. The highest BCUT2D eigenvalue weighted by molar-refractivity contribution is 6.00. The number of rotatable bonds is 3. The Morgan fingerprint density at radius 1 is 1.30 bits per heavy atom. The molecule has 1 saturated carbocycles. The molecule has 3 nitrogen and oxygen atoms in total. The fourth-order valence-electron chi connectivity index (χ4n) is 2.78. The molecule has 1 aliphatic rings. The molecule has 0 aliphatic heterocycles. The third kappa shape index (κ3) is 2.36. The topological polar surface area (TPSA) is 40.5 Å². The van der Waals surface area contributed by atoms with Gasteiger partial charge in [-0.05, 0) is 36.3 Å². The Morgan fingerprint density at radius 3 is 2.75 bits per heavy atom. The normalized spacial score (nSPS) is 15.1. The highest BCUT2D eigenvalue weighted by atomic mass is 16.3. The first kappa shape index (κ1) is 13.0. The molecule has 0 heterocycles. The molecule has 0 saturated heterocycles. The SMILES string of the molecule is CN(CC1CCC1)C(=O)c1cc(O)c2ccccc2c1. The molecular weight excluding hydrogens is 250 g/mol. The van der Waals surface area contributed by atoms with Crippen molar-refractivity contribution in [3.8, 4) is 5.75 Å². The maximum Gasteiger partial charge on any atom is 0.253 e. The van der Waals surface area contributed by atoms with Crippen molar-refractivity contribution >= 4 is 16.7 Å². The zero-order valence-corrected chi connectivity index (χ0v) is 11.7. The molecule has 104 valence electrons. The summed E-state index contributed by atoms with van der Waals surface area (Å²) in [6.45, 7) is 0.812. The summed E-state index contributed by atoms with van der Waals surface area (Å²) < 4.78 is 0. The van der Waals surface area contributed by atoms with Gasteiger partial charge in [0.2, 0.25) is 0 Å². The predicted octanol–water partition coefficient (Wildman–Crippen LogP) is 3.42. The third-order valence-corrected chi connectivity index (χ3v) is 4.19. The van der Waals surface area contributed by atoms with Crippen LogP contribution in [0.3, 0.4) is 0 Å². The van der Waals surface area contributed by atoms with Crippen molar-refractivity contribution in [2.24, 2.45) is 5.92 Å². The lowest BCUT2D eigenvalue weighted by Crippen LogP contribution is -2.34. The van der Waals surface area contributed by atoms with Gasteiger partial charge in [0.25, 0.3) is 5.91 Å². The van der Waals surface area contributed by atoms with Gasteiger partial charge in [-0.25, -0.2) is 0 Å². The summed E-state index contributed by atoms with van der Waals surface area (Å²) >= 11 is 0. The molecule has 1 fully saturated rings. The van der Waals surface area contributed by atoms with Crippen LogP contribution >= 0.6 is 0 Å². The number of amides is 1. The van der Waals surface area contributed by atoms with Crippen molar-refractivity contribution in [3.63, 3.8) is 0 Å². The van der Waals surface area contributed by atoms with E-state index in [9.17, 15) is 9.90 Å². The lowest BCUT2D eigenvalue weighted by atomic mass is 9.85. The fraction of sp³-hybridized carbons (Fsp3) is 0.353. The first-order chi connectivity index (χ1) is 9.65. The number of aromatic hydroxyl groups is 1. The predicted molar refractivity (Wildman–Crippen MR) is 79.9 cm³/mol. The molecule has 3 rings (SSSR count). The summed E-state index contributed by atoms with van der Waals surface area (Å²) in [5.74, 6) is 0.805. The number of phenolic OH excluding ortho intramolecular Hbond substituents is 1. The van der Waals surface area contributed by atoms with Gasteiger partial charge in [-0.3, -0.25) is 4.79 Å². The van der Waals surface area contributed by atoms with Crippen molar-refractivity contribution in [1.82, 2.24) is 4.90 Å². The van der Waals surface area contributed by atoms with Gasteiger partial charge in [0.1, 0.15) is 5.75 Å². The van der Waals surface area contributed by atoms with Crippen LogP contribution in [0.2, 0.25) is 0 Å². The van der Waals surface area contributed by atoms with E-state index in [0.29, 0.717) is 11.5 Å². The molecule has 1 amide bonds. The van der Waals surface area contributed by atoms with Crippen LogP contribution in [0, 0.1) is 5.92 Å². The van der Waals surface area contributed by atoms with E-state index < -0.39 is 0 Å². The molecular formula is C17H19NO2. The van der Waals surface area contributed by atoms with Crippen molar-refractivity contribution in [3.05, 3.63) is 42.0 Å². The molecule has 3 heteroatoms. The largest absolute Gasteiger partial charge is 0.507 e. The number of phenols is 1. The molecule has 0 atom stereocenters. The van der Waals surface area contributed by atoms with Gasteiger partial charge < -0.3 is 10.0 Å². The summed E-state index contributed by atoms with van der Waals surface area (Å²) in [6, 6.07) is 11.0. The van der Waals surface area contributed by atoms with Gasteiger partial charge in [0.05, 0.1) is 0 Å². The maximum atomic E-state index is 12.4. The van der Waals surface area contributed by atoms with E-state index in [1.807, 2.05) is 37.4 Å². The van der Waals surface area contributed by atoms with Crippen LogP contribution < -0.4 is 0 Å². The molecule has 0 bridgehead atoms. The number of hydrogen-bond acceptors (Lipinski definition) is 2. The second-order valence-corrected chi connectivity index (χ2v) is 5.70. The zero-order valence-electron chi connectivity index (χ0n) is 11.7. The standard InChI is InChI=1S/C17H19NO2/c1-18(11-12-5-4-6-12)17(20)14-9-13-7-2-3-8-15(13)16(19)10-14/h2-3,7-10,12,19H,4-6,11H2,1H3. The van der Waals surface area contributed by atoms with E-state index >= 15 is 0 Å². The average Bonchev–Trinajstić information content (AvgIpc) is 2.41. The van der Waals surface area contributed by atoms with Crippen LogP contribution in [0.5, 0.6) is 5.75 Å². The van der Waals surface area contributed by atoms with Gasteiger partial charge in [0.15, 0.2) is 0 Å². The molecule has 0 spiro atoms. The molecule has 0 aromatic heterocycles. The summed E-state index contributed by atoms with van der Waals surface area (Å²) in [5.41, 5.74) is 0.558. The highest BCUT2D eigenvalue weighted by Crippen LogP contribution is 2.29. The summed E-state index contributed by atoms with van der Waals surface area (Å²) in [7, 11) is 1.84. The molecule has 20 heavy (non-hydrogen) atoms. The van der Waals surface area contributed by atoms with Crippen molar-refractivity contribution in [2.45, 2.75) is 19.3 Å². The third-order valence-electron chi connectivity index (χ3n) is 4.19. The van der Waals surface area contributed by atoms with Crippen molar-refractivity contribution in [2.75, 3.05) is 13.6 Å². The average molecular weight is 269 g/mol. The molecule has 0 unspecified atom stereocenters. The summed E-state index contributed by atoms with van der Waals surface area (Å²) in [5, 5.41) is 11.7.